The van der Waals surface area contributed by atoms with E-state index >= 15 is 0 Å². The van der Waals surface area contributed by atoms with Crippen LogP contribution in [-0.2, 0) is 17.8 Å². The molecule has 1 unspecified atom stereocenters. The number of nitrogens with one attached hydrogen (secondary N) is 1. The zero-order valence-corrected chi connectivity index (χ0v) is 12.1. The van der Waals surface area contributed by atoms with Gasteiger partial charge in [0.15, 0.2) is 0 Å². The number of para-hydroxylation sites is 1. The molecule has 1 N–H and O–H groups in total. The molecule has 1 aliphatic rings. The average molecular weight is 285 g/mol. The van der Waals surface area contributed by atoms with Crippen molar-refractivity contribution < 1.29 is 9.53 Å². The Hall–Kier alpha value is -2.30. The zero-order chi connectivity index (χ0) is 14.7. The minimum atomic E-state index is -0.0133. The van der Waals surface area contributed by atoms with Crippen molar-refractivity contribution in [2.75, 3.05) is 13.2 Å². The van der Waals surface area contributed by atoms with Gasteiger partial charge in [-0.05, 0) is 31.0 Å². The largest absolute Gasteiger partial charge is 0.493 e. The summed E-state index contributed by atoms with van der Waals surface area (Å²) in [6, 6.07) is 9.96. The molecular weight excluding hydrogens is 266 g/mol. The number of aromatic nitrogens is 2. The predicted octanol–water partition coefficient (Wildman–Crippen LogP) is 1.56. The first kappa shape index (κ1) is 13.7. The highest BCUT2D eigenvalue weighted by Crippen LogP contribution is 2.26. The zero-order valence-electron chi connectivity index (χ0n) is 12.1. The van der Waals surface area contributed by atoms with E-state index < -0.39 is 0 Å². The molecule has 21 heavy (non-hydrogen) atoms. The Balaban J connectivity index is 1.50. The molecule has 1 aromatic heterocycles. The second kappa shape index (κ2) is 5.99. The molecule has 0 aliphatic carbocycles. The molecule has 3 rings (SSSR count). The van der Waals surface area contributed by atoms with Gasteiger partial charge in [0.05, 0.1) is 6.61 Å². The summed E-state index contributed by atoms with van der Waals surface area (Å²) in [6.07, 6.45) is 2.64. The molecule has 1 aliphatic heterocycles. The first-order valence-corrected chi connectivity index (χ1v) is 7.18. The van der Waals surface area contributed by atoms with E-state index in [0.29, 0.717) is 19.1 Å². The molecule has 1 atom stereocenters. The Morgan fingerprint density at radius 1 is 1.43 bits per heavy atom. The van der Waals surface area contributed by atoms with Crippen LogP contribution in [0.15, 0.2) is 36.5 Å². The van der Waals surface area contributed by atoms with E-state index in [1.54, 1.807) is 10.9 Å². The predicted molar refractivity (Wildman–Crippen MR) is 79.1 cm³/mol. The Morgan fingerprint density at radius 2 is 2.29 bits per heavy atom. The third kappa shape index (κ3) is 3.24. The summed E-state index contributed by atoms with van der Waals surface area (Å²) >= 11 is 0. The maximum absolute atomic E-state index is 11.9. The number of aryl methyl sites for hydroxylation is 1. The Kier molecular flexibility index (Phi) is 3.90. The topological polar surface area (TPSA) is 56.2 Å². The first-order valence-electron chi connectivity index (χ1n) is 7.18. The van der Waals surface area contributed by atoms with Crippen molar-refractivity contribution in [3.8, 4) is 5.75 Å². The Morgan fingerprint density at radius 3 is 3.10 bits per heavy atom. The summed E-state index contributed by atoms with van der Waals surface area (Å²) in [5.41, 5.74) is 2.20. The fourth-order valence-corrected chi connectivity index (χ4v) is 2.54. The van der Waals surface area contributed by atoms with Crippen LogP contribution in [-0.4, -0.2) is 28.8 Å². The average Bonchev–Trinajstić information content (AvgIpc) is 2.90. The lowest BCUT2D eigenvalue weighted by Crippen LogP contribution is -2.36. The van der Waals surface area contributed by atoms with Gasteiger partial charge in [-0.25, -0.2) is 0 Å². The van der Waals surface area contributed by atoms with Gasteiger partial charge in [-0.2, -0.15) is 5.10 Å². The summed E-state index contributed by atoms with van der Waals surface area (Å²) in [6.45, 7) is 3.49. The first-order chi connectivity index (χ1) is 10.2. The highest BCUT2D eigenvalue weighted by molar-refractivity contribution is 5.75. The number of hydrogen-bond acceptors (Lipinski definition) is 3. The van der Waals surface area contributed by atoms with Crippen LogP contribution in [0.3, 0.4) is 0 Å². The van der Waals surface area contributed by atoms with E-state index in [1.165, 1.54) is 5.56 Å². The van der Waals surface area contributed by atoms with Gasteiger partial charge in [0.25, 0.3) is 0 Å². The van der Waals surface area contributed by atoms with Gasteiger partial charge < -0.3 is 10.1 Å². The van der Waals surface area contributed by atoms with Crippen molar-refractivity contribution in [1.29, 1.82) is 0 Å². The molecule has 1 amide bonds. The van der Waals surface area contributed by atoms with Crippen molar-refractivity contribution in [3.05, 3.63) is 47.8 Å². The molecule has 2 aromatic rings. The number of fused-ring (bicyclic) bond motifs is 1. The lowest BCUT2D eigenvalue weighted by molar-refractivity contribution is -0.122. The molecular formula is C16H19N3O2. The minimum Gasteiger partial charge on any atom is -0.493 e. The van der Waals surface area contributed by atoms with Gasteiger partial charge in [-0.1, -0.05) is 18.2 Å². The van der Waals surface area contributed by atoms with E-state index in [2.05, 4.69) is 16.5 Å². The number of hydrogen-bond donors (Lipinski definition) is 1. The van der Waals surface area contributed by atoms with Crippen LogP contribution in [0, 0.1) is 12.8 Å². The number of nitrogens with zero attached hydrogens (tertiary/aromatic N) is 2. The number of ether oxygens (including phenoxy) is 1. The highest BCUT2D eigenvalue weighted by Gasteiger charge is 2.20. The van der Waals surface area contributed by atoms with E-state index in [-0.39, 0.29) is 12.5 Å². The molecule has 0 radical (unpaired) electrons. The Labute approximate surface area is 123 Å². The molecule has 0 bridgehead atoms. The molecule has 0 fully saturated rings. The van der Waals surface area contributed by atoms with E-state index in [0.717, 1.165) is 17.9 Å². The second-order valence-corrected chi connectivity index (χ2v) is 5.42. The quantitative estimate of drug-likeness (QED) is 0.927. The monoisotopic (exact) mass is 285 g/mol. The van der Waals surface area contributed by atoms with E-state index in [4.69, 9.17) is 4.74 Å². The molecule has 2 heterocycles. The van der Waals surface area contributed by atoms with Crippen LogP contribution >= 0.6 is 0 Å². The van der Waals surface area contributed by atoms with Crippen LogP contribution in [0.5, 0.6) is 5.75 Å². The third-order valence-corrected chi connectivity index (χ3v) is 3.77. The van der Waals surface area contributed by atoms with Gasteiger partial charge in [-0.3, -0.25) is 9.48 Å². The number of benzene rings is 1. The smallest absolute Gasteiger partial charge is 0.241 e. The number of carbonyl (C=O) groups is 1. The summed E-state index contributed by atoms with van der Waals surface area (Å²) in [5.74, 6) is 1.27. The molecule has 5 heteroatoms. The van der Waals surface area contributed by atoms with Gasteiger partial charge in [0.1, 0.15) is 12.3 Å². The lowest BCUT2D eigenvalue weighted by atomic mass is 9.97. The van der Waals surface area contributed by atoms with Crippen molar-refractivity contribution in [3.63, 3.8) is 0 Å². The summed E-state index contributed by atoms with van der Waals surface area (Å²) in [7, 11) is 0. The fourth-order valence-electron chi connectivity index (χ4n) is 2.54. The van der Waals surface area contributed by atoms with E-state index in [9.17, 15) is 4.79 Å². The molecule has 110 valence electrons. The SMILES string of the molecule is Cc1ccnn1CC(=O)NCC1COc2ccccc2C1. The van der Waals surface area contributed by atoms with Crippen LogP contribution < -0.4 is 10.1 Å². The summed E-state index contributed by atoms with van der Waals surface area (Å²) in [4.78, 5) is 11.9. The number of amides is 1. The van der Waals surface area contributed by atoms with Crippen LogP contribution in [0.4, 0.5) is 0 Å². The van der Waals surface area contributed by atoms with Crippen LogP contribution in [0.25, 0.3) is 0 Å². The highest BCUT2D eigenvalue weighted by atomic mass is 16.5. The molecule has 1 aromatic carbocycles. The minimum absolute atomic E-state index is 0.0133. The standard InChI is InChI=1S/C16H19N3O2/c1-12-6-7-18-19(12)10-16(20)17-9-13-8-14-4-2-3-5-15(14)21-11-13/h2-7,13H,8-11H2,1H3,(H,17,20). The van der Waals surface area contributed by atoms with Crippen molar-refractivity contribution >= 4 is 5.91 Å². The fraction of sp³-hybridized carbons (Fsp3) is 0.375. The van der Waals surface area contributed by atoms with Crippen molar-refractivity contribution in [2.45, 2.75) is 19.9 Å². The van der Waals surface area contributed by atoms with Gasteiger partial charge in [-0.15, -0.1) is 0 Å². The van der Waals surface area contributed by atoms with Crippen LogP contribution in [0.1, 0.15) is 11.3 Å². The molecule has 0 saturated heterocycles. The van der Waals surface area contributed by atoms with Crippen LogP contribution in [0.2, 0.25) is 0 Å². The Bertz CT molecular complexity index is 636. The number of rotatable bonds is 4. The second-order valence-electron chi connectivity index (χ2n) is 5.42. The maximum Gasteiger partial charge on any atom is 0.241 e. The molecule has 0 spiro atoms. The molecule has 0 saturated carbocycles. The molecule has 5 nitrogen and oxygen atoms in total. The third-order valence-electron chi connectivity index (χ3n) is 3.77. The number of carbonyl (C=O) groups excluding carboxylic acids is 1. The van der Waals surface area contributed by atoms with Gasteiger partial charge >= 0.3 is 0 Å². The van der Waals surface area contributed by atoms with Gasteiger partial charge in [0, 0.05) is 24.4 Å². The lowest BCUT2D eigenvalue weighted by Gasteiger charge is -2.25. The van der Waals surface area contributed by atoms with Gasteiger partial charge in [0.2, 0.25) is 5.91 Å². The summed E-state index contributed by atoms with van der Waals surface area (Å²) < 4.78 is 7.42. The maximum atomic E-state index is 11.9. The van der Waals surface area contributed by atoms with Crippen molar-refractivity contribution in [1.82, 2.24) is 15.1 Å². The normalized spacial score (nSPS) is 16.9. The summed E-state index contributed by atoms with van der Waals surface area (Å²) in [5, 5.41) is 7.08. The van der Waals surface area contributed by atoms with E-state index in [1.807, 2.05) is 31.2 Å². The van der Waals surface area contributed by atoms with Crippen molar-refractivity contribution in [2.24, 2.45) is 5.92 Å².